The Morgan fingerprint density at radius 1 is 1.33 bits per heavy atom. The minimum absolute atomic E-state index is 0.478. The molecule has 2 nitrogen and oxygen atoms in total. The molecule has 1 aliphatic carbocycles. The molecule has 0 aliphatic heterocycles. The van der Waals surface area contributed by atoms with Gasteiger partial charge < -0.3 is 9.84 Å². The van der Waals surface area contributed by atoms with Crippen molar-refractivity contribution < 1.29 is 9.84 Å². The van der Waals surface area contributed by atoms with Crippen LogP contribution in [0.25, 0.3) is 0 Å². The third kappa shape index (κ3) is 1.69. The van der Waals surface area contributed by atoms with Crippen LogP contribution < -0.4 is 4.74 Å². The highest BCUT2D eigenvalue weighted by Crippen LogP contribution is 2.38. The summed E-state index contributed by atoms with van der Waals surface area (Å²) in [6, 6.07) is 2.10. The fraction of sp³-hybridized carbons (Fsp3) is 0.538. The van der Waals surface area contributed by atoms with Crippen molar-refractivity contribution in [3.63, 3.8) is 0 Å². The maximum absolute atomic E-state index is 10.2. The molecular weight excluding hydrogens is 188 g/mol. The largest absolute Gasteiger partial charge is 0.507 e. The van der Waals surface area contributed by atoms with Crippen molar-refractivity contribution in [3.05, 3.63) is 22.8 Å². The van der Waals surface area contributed by atoms with E-state index >= 15 is 0 Å². The summed E-state index contributed by atoms with van der Waals surface area (Å²) in [5, 5.41) is 10.2. The standard InChI is InChI=1S/C13H18O2/c1-3-10-12(15-2)8-9-6-4-5-7-11(9)13(10)14/h8,14H,3-7H2,1-2H3. The SMILES string of the molecule is CCc1c(OC)cc2c(c1O)CCCC2. The molecule has 82 valence electrons. The van der Waals surface area contributed by atoms with Crippen molar-refractivity contribution >= 4 is 0 Å². The van der Waals surface area contributed by atoms with Crippen molar-refractivity contribution in [2.45, 2.75) is 39.0 Å². The number of phenols is 1. The lowest BCUT2D eigenvalue weighted by atomic mass is 9.88. The quantitative estimate of drug-likeness (QED) is 0.806. The molecule has 15 heavy (non-hydrogen) atoms. The lowest BCUT2D eigenvalue weighted by molar-refractivity contribution is 0.396. The van der Waals surface area contributed by atoms with Crippen LogP contribution in [0.3, 0.4) is 0 Å². The van der Waals surface area contributed by atoms with Crippen molar-refractivity contribution in [2.24, 2.45) is 0 Å². The van der Waals surface area contributed by atoms with Crippen LogP contribution in [0.4, 0.5) is 0 Å². The predicted octanol–water partition coefficient (Wildman–Crippen LogP) is 2.84. The van der Waals surface area contributed by atoms with Crippen molar-refractivity contribution in [2.75, 3.05) is 7.11 Å². The van der Waals surface area contributed by atoms with Crippen molar-refractivity contribution in [3.8, 4) is 11.5 Å². The molecule has 0 atom stereocenters. The van der Waals surface area contributed by atoms with Gasteiger partial charge in [-0.15, -0.1) is 0 Å². The summed E-state index contributed by atoms with van der Waals surface area (Å²) in [6.07, 6.45) is 5.32. The molecule has 0 spiro atoms. The number of fused-ring (bicyclic) bond motifs is 1. The number of aromatic hydroxyl groups is 1. The summed E-state index contributed by atoms with van der Waals surface area (Å²) in [7, 11) is 1.67. The molecule has 2 rings (SSSR count). The maximum Gasteiger partial charge on any atom is 0.126 e. The minimum Gasteiger partial charge on any atom is -0.507 e. The Morgan fingerprint density at radius 2 is 2.07 bits per heavy atom. The Balaban J connectivity index is 2.57. The van der Waals surface area contributed by atoms with Gasteiger partial charge in [-0.1, -0.05) is 6.92 Å². The van der Waals surface area contributed by atoms with Crippen LogP contribution in [0, 0.1) is 0 Å². The second-order valence-corrected chi connectivity index (χ2v) is 4.10. The van der Waals surface area contributed by atoms with Crippen LogP contribution in [0.2, 0.25) is 0 Å². The average molecular weight is 206 g/mol. The third-order valence-corrected chi connectivity index (χ3v) is 3.26. The average Bonchev–Trinajstić information content (AvgIpc) is 2.29. The Kier molecular flexibility index (Phi) is 2.85. The Hall–Kier alpha value is -1.18. The van der Waals surface area contributed by atoms with Gasteiger partial charge in [0.2, 0.25) is 0 Å². The van der Waals surface area contributed by atoms with Gasteiger partial charge in [-0.05, 0) is 49.3 Å². The van der Waals surface area contributed by atoms with E-state index in [9.17, 15) is 5.11 Å². The van der Waals surface area contributed by atoms with E-state index < -0.39 is 0 Å². The van der Waals surface area contributed by atoms with E-state index in [1.54, 1.807) is 7.11 Å². The molecule has 1 N–H and O–H groups in total. The summed E-state index contributed by atoms with van der Waals surface area (Å²) < 4.78 is 5.32. The summed E-state index contributed by atoms with van der Waals surface area (Å²) in [4.78, 5) is 0. The van der Waals surface area contributed by atoms with Gasteiger partial charge in [0.05, 0.1) is 7.11 Å². The maximum atomic E-state index is 10.2. The van der Waals surface area contributed by atoms with E-state index in [2.05, 4.69) is 6.07 Å². The zero-order valence-corrected chi connectivity index (χ0v) is 9.47. The van der Waals surface area contributed by atoms with Crippen LogP contribution in [-0.4, -0.2) is 12.2 Å². The first kappa shape index (κ1) is 10.3. The molecule has 0 radical (unpaired) electrons. The lowest BCUT2D eigenvalue weighted by Gasteiger charge is -2.21. The van der Waals surface area contributed by atoms with Crippen LogP contribution in [0.1, 0.15) is 36.5 Å². The number of ether oxygens (including phenoxy) is 1. The van der Waals surface area contributed by atoms with Gasteiger partial charge in [0.25, 0.3) is 0 Å². The molecule has 0 saturated carbocycles. The van der Waals surface area contributed by atoms with Gasteiger partial charge in [-0.3, -0.25) is 0 Å². The minimum atomic E-state index is 0.478. The van der Waals surface area contributed by atoms with Gasteiger partial charge in [-0.25, -0.2) is 0 Å². The molecule has 0 aromatic heterocycles. The Morgan fingerprint density at radius 3 is 2.73 bits per heavy atom. The van der Waals surface area contributed by atoms with Crippen molar-refractivity contribution in [1.29, 1.82) is 0 Å². The Bertz CT molecular complexity index is 355. The Labute approximate surface area is 90.9 Å². The van der Waals surface area contributed by atoms with E-state index in [4.69, 9.17) is 4.74 Å². The molecule has 0 amide bonds. The van der Waals surface area contributed by atoms with E-state index in [0.29, 0.717) is 5.75 Å². The summed E-state index contributed by atoms with van der Waals surface area (Å²) >= 11 is 0. The number of hydrogen-bond donors (Lipinski definition) is 1. The fourth-order valence-corrected chi connectivity index (χ4v) is 2.43. The fourth-order valence-electron chi connectivity index (χ4n) is 2.43. The number of aryl methyl sites for hydroxylation is 1. The van der Waals surface area contributed by atoms with E-state index in [1.165, 1.54) is 18.4 Å². The number of rotatable bonds is 2. The molecule has 1 aliphatic rings. The molecule has 0 fully saturated rings. The van der Waals surface area contributed by atoms with Crippen LogP contribution in [0.15, 0.2) is 6.07 Å². The van der Waals surface area contributed by atoms with E-state index in [0.717, 1.165) is 36.1 Å². The summed E-state index contributed by atoms with van der Waals surface area (Å²) in [5.41, 5.74) is 3.38. The van der Waals surface area contributed by atoms with Gasteiger partial charge in [0.15, 0.2) is 0 Å². The molecule has 1 aromatic carbocycles. The number of benzene rings is 1. The highest BCUT2D eigenvalue weighted by atomic mass is 16.5. The summed E-state index contributed by atoms with van der Waals surface area (Å²) in [6.45, 7) is 2.05. The molecule has 0 heterocycles. The highest BCUT2D eigenvalue weighted by molar-refractivity contribution is 5.54. The first-order chi connectivity index (χ1) is 7.27. The smallest absolute Gasteiger partial charge is 0.126 e. The van der Waals surface area contributed by atoms with E-state index in [1.807, 2.05) is 6.92 Å². The zero-order valence-electron chi connectivity index (χ0n) is 9.47. The molecular formula is C13H18O2. The first-order valence-electron chi connectivity index (χ1n) is 5.68. The second-order valence-electron chi connectivity index (χ2n) is 4.10. The molecule has 0 unspecified atom stereocenters. The van der Waals surface area contributed by atoms with Crippen LogP contribution in [-0.2, 0) is 19.3 Å². The summed E-state index contributed by atoms with van der Waals surface area (Å²) in [5.74, 6) is 1.32. The second kappa shape index (κ2) is 4.13. The zero-order chi connectivity index (χ0) is 10.8. The third-order valence-electron chi connectivity index (χ3n) is 3.26. The number of methoxy groups -OCH3 is 1. The normalized spacial score (nSPS) is 14.8. The molecule has 2 heteroatoms. The van der Waals surface area contributed by atoms with Gasteiger partial charge in [0.1, 0.15) is 11.5 Å². The van der Waals surface area contributed by atoms with Crippen molar-refractivity contribution in [1.82, 2.24) is 0 Å². The van der Waals surface area contributed by atoms with Gasteiger partial charge in [0, 0.05) is 5.56 Å². The van der Waals surface area contributed by atoms with Gasteiger partial charge >= 0.3 is 0 Å². The van der Waals surface area contributed by atoms with Crippen LogP contribution in [0.5, 0.6) is 11.5 Å². The number of hydrogen-bond acceptors (Lipinski definition) is 2. The highest BCUT2D eigenvalue weighted by Gasteiger charge is 2.19. The van der Waals surface area contributed by atoms with E-state index in [-0.39, 0.29) is 0 Å². The predicted molar refractivity (Wildman–Crippen MR) is 60.7 cm³/mol. The lowest BCUT2D eigenvalue weighted by Crippen LogP contribution is -2.05. The monoisotopic (exact) mass is 206 g/mol. The molecule has 0 bridgehead atoms. The molecule has 1 aromatic rings. The van der Waals surface area contributed by atoms with Crippen LogP contribution >= 0.6 is 0 Å². The first-order valence-corrected chi connectivity index (χ1v) is 5.68. The van der Waals surface area contributed by atoms with Gasteiger partial charge in [-0.2, -0.15) is 0 Å². The topological polar surface area (TPSA) is 29.5 Å². The number of phenolic OH excluding ortho intramolecular Hbond substituents is 1. The molecule has 0 saturated heterocycles.